The van der Waals surface area contributed by atoms with Gasteiger partial charge in [-0.25, -0.2) is 0 Å². The van der Waals surface area contributed by atoms with Crippen molar-refractivity contribution in [1.29, 1.82) is 5.26 Å². The molecule has 0 saturated heterocycles. The summed E-state index contributed by atoms with van der Waals surface area (Å²) in [6.45, 7) is 3.54. The predicted molar refractivity (Wildman–Crippen MR) is 92.6 cm³/mol. The van der Waals surface area contributed by atoms with Gasteiger partial charge in [-0.1, -0.05) is 41.3 Å². The summed E-state index contributed by atoms with van der Waals surface area (Å²) in [5.74, 6) is -0.197. The van der Waals surface area contributed by atoms with Crippen LogP contribution in [0.15, 0.2) is 39.9 Å². The Morgan fingerprint density at radius 1 is 1.43 bits per heavy atom. The van der Waals surface area contributed by atoms with Crippen molar-refractivity contribution in [2.24, 2.45) is 5.73 Å². The summed E-state index contributed by atoms with van der Waals surface area (Å²) in [5.41, 5.74) is 7.82. The second kappa shape index (κ2) is 7.76. The van der Waals surface area contributed by atoms with Crippen molar-refractivity contribution in [2.45, 2.75) is 18.2 Å². The maximum Gasteiger partial charge on any atom is 0.210 e. The Morgan fingerprint density at radius 2 is 2.17 bits per heavy atom. The SMILES string of the molecule is CC(N)=C(C#N)C(=O)CSc1nnc(Nc2ccccc2C)s1. The number of nitrogens with zero attached hydrogens (tertiary/aromatic N) is 3. The van der Waals surface area contributed by atoms with Gasteiger partial charge in [0.05, 0.1) is 5.75 Å². The maximum atomic E-state index is 11.9. The first kappa shape index (κ1) is 17.0. The molecule has 0 spiro atoms. The molecule has 0 bridgehead atoms. The number of anilines is 2. The van der Waals surface area contributed by atoms with E-state index < -0.39 is 0 Å². The molecule has 1 aromatic carbocycles. The van der Waals surface area contributed by atoms with Gasteiger partial charge in [0, 0.05) is 11.4 Å². The van der Waals surface area contributed by atoms with Crippen molar-refractivity contribution < 1.29 is 4.79 Å². The highest BCUT2D eigenvalue weighted by Crippen LogP contribution is 2.29. The molecule has 0 saturated carbocycles. The van der Waals surface area contributed by atoms with Gasteiger partial charge >= 0.3 is 0 Å². The number of hydrogen-bond donors (Lipinski definition) is 2. The van der Waals surface area contributed by atoms with Crippen molar-refractivity contribution in [3.05, 3.63) is 41.1 Å². The number of allylic oxidation sites excluding steroid dienone is 2. The first-order chi connectivity index (χ1) is 11.0. The van der Waals surface area contributed by atoms with Crippen molar-refractivity contribution in [1.82, 2.24) is 10.2 Å². The van der Waals surface area contributed by atoms with Crippen LogP contribution in [0.5, 0.6) is 0 Å². The molecule has 0 atom stereocenters. The van der Waals surface area contributed by atoms with Gasteiger partial charge in [0.25, 0.3) is 0 Å². The Hall–Kier alpha value is -2.37. The zero-order valence-corrected chi connectivity index (χ0v) is 14.3. The molecular weight excluding hydrogens is 330 g/mol. The summed E-state index contributed by atoms with van der Waals surface area (Å²) in [5, 5.41) is 20.8. The minimum Gasteiger partial charge on any atom is -0.401 e. The van der Waals surface area contributed by atoms with E-state index in [2.05, 4.69) is 15.5 Å². The number of carbonyl (C=O) groups is 1. The van der Waals surface area contributed by atoms with Gasteiger partial charge in [0.15, 0.2) is 10.1 Å². The molecule has 0 fully saturated rings. The molecule has 2 rings (SSSR count). The lowest BCUT2D eigenvalue weighted by molar-refractivity contribution is -0.112. The van der Waals surface area contributed by atoms with Crippen LogP contribution in [-0.2, 0) is 4.79 Å². The van der Waals surface area contributed by atoms with Gasteiger partial charge in [0.1, 0.15) is 11.6 Å². The van der Waals surface area contributed by atoms with Gasteiger partial charge in [-0.15, -0.1) is 10.2 Å². The number of hydrogen-bond acceptors (Lipinski definition) is 8. The van der Waals surface area contributed by atoms with Crippen LogP contribution in [0.2, 0.25) is 0 Å². The molecule has 23 heavy (non-hydrogen) atoms. The van der Waals surface area contributed by atoms with Crippen LogP contribution in [0.1, 0.15) is 12.5 Å². The molecule has 8 heteroatoms. The zero-order valence-electron chi connectivity index (χ0n) is 12.7. The van der Waals surface area contributed by atoms with Crippen LogP contribution in [0.3, 0.4) is 0 Å². The second-order valence-electron chi connectivity index (χ2n) is 4.69. The molecule has 3 N–H and O–H groups in total. The number of carbonyl (C=O) groups excluding carboxylic acids is 1. The fourth-order valence-corrected chi connectivity index (χ4v) is 3.35. The molecule has 0 aliphatic rings. The number of Topliss-reactive ketones (excluding diaryl/α,β-unsaturated/α-hetero) is 1. The lowest BCUT2D eigenvalue weighted by atomic mass is 10.2. The molecule has 6 nitrogen and oxygen atoms in total. The summed E-state index contributed by atoms with van der Waals surface area (Å²) < 4.78 is 0.654. The van der Waals surface area contributed by atoms with Crippen molar-refractivity contribution in [2.75, 3.05) is 11.1 Å². The van der Waals surface area contributed by atoms with E-state index in [-0.39, 0.29) is 22.8 Å². The van der Waals surface area contributed by atoms with E-state index in [0.29, 0.717) is 9.47 Å². The van der Waals surface area contributed by atoms with Crippen LogP contribution in [0.4, 0.5) is 10.8 Å². The van der Waals surface area contributed by atoms with E-state index in [1.807, 2.05) is 37.3 Å². The number of benzene rings is 1. The van der Waals surface area contributed by atoms with Crippen molar-refractivity contribution in [3.8, 4) is 6.07 Å². The molecule has 2 aromatic rings. The van der Waals surface area contributed by atoms with E-state index in [9.17, 15) is 4.79 Å². The Labute approximate surface area is 142 Å². The third-order valence-corrected chi connectivity index (χ3v) is 4.88. The monoisotopic (exact) mass is 345 g/mol. The minimum atomic E-state index is -0.305. The van der Waals surface area contributed by atoms with E-state index in [0.717, 1.165) is 11.3 Å². The molecule has 0 radical (unpaired) electrons. The largest absolute Gasteiger partial charge is 0.401 e. The van der Waals surface area contributed by atoms with Gasteiger partial charge < -0.3 is 11.1 Å². The molecule has 0 unspecified atom stereocenters. The third-order valence-electron chi connectivity index (χ3n) is 2.90. The Kier molecular flexibility index (Phi) is 5.73. The fraction of sp³-hybridized carbons (Fsp3) is 0.200. The lowest BCUT2D eigenvalue weighted by Gasteiger charge is -2.04. The Bertz CT molecular complexity index is 787. The van der Waals surface area contributed by atoms with Crippen molar-refractivity contribution in [3.63, 3.8) is 0 Å². The highest BCUT2D eigenvalue weighted by molar-refractivity contribution is 8.01. The van der Waals surface area contributed by atoms with Gasteiger partial charge in [-0.2, -0.15) is 5.26 Å². The number of nitriles is 1. The lowest BCUT2D eigenvalue weighted by Crippen LogP contribution is -2.10. The third kappa shape index (κ3) is 4.55. The smallest absolute Gasteiger partial charge is 0.210 e. The molecule has 0 aliphatic carbocycles. The van der Waals surface area contributed by atoms with E-state index >= 15 is 0 Å². The average molecular weight is 345 g/mol. The molecule has 118 valence electrons. The first-order valence-corrected chi connectivity index (χ1v) is 8.50. The van der Waals surface area contributed by atoms with Crippen molar-refractivity contribution >= 4 is 39.7 Å². The van der Waals surface area contributed by atoms with E-state index in [1.54, 1.807) is 0 Å². The normalized spacial score (nSPS) is 11.5. The number of nitrogens with one attached hydrogen (secondary N) is 1. The predicted octanol–water partition coefficient (Wildman–Crippen LogP) is 3.01. The summed E-state index contributed by atoms with van der Waals surface area (Å²) in [4.78, 5) is 11.9. The van der Waals surface area contributed by atoms with Crippen LogP contribution < -0.4 is 11.1 Å². The van der Waals surface area contributed by atoms with Crippen LogP contribution >= 0.6 is 23.1 Å². The average Bonchev–Trinajstić information content (AvgIpc) is 2.95. The number of aryl methyl sites for hydroxylation is 1. The highest BCUT2D eigenvalue weighted by atomic mass is 32.2. The molecule has 0 aliphatic heterocycles. The van der Waals surface area contributed by atoms with Crippen LogP contribution in [0, 0.1) is 18.3 Å². The quantitative estimate of drug-likeness (QED) is 0.471. The molecule has 1 heterocycles. The van der Waals surface area contributed by atoms with E-state index in [4.69, 9.17) is 11.0 Å². The van der Waals surface area contributed by atoms with Gasteiger partial charge in [-0.3, -0.25) is 4.79 Å². The summed E-state index contributed by atoms with van der Waals surface area (Å²) in [6, 6.07) is 9.70. The topological polar surface area (TPSA) is 105 Å². The zero-order chi connectivity index (χ0) is 16.8. The standard InChI is InChI=1S/C15H15N5OS2/c1-9-5-3-4-6-12(9)18-14-19-20-15(23-14)22-8-13(21)11(7-16)10(2)17/h3-6H,8,17H2,1-2H3,(H,18,19). The van der Waals surface area contributed by atoms with Crippen LogP contribution in [-0.4, -0.2) is 21.7 Å². The van der Waals surface area contributed by atoms with E-state index in [1.165, 1.54) is 30.0 Å². The van der Waals surface area contributed by atoms with Gasteiger partial charge in [-0.05, 0) is 25.5 Å². The molecular formula is C15H15N5OS2. The highest BCUT2D eigenvalue weighted by Gasteiger charge is 2.14. The number of thioether (sulfide) groups is 1. The Balaban J connectivity index is 1.98. The number of para-hydroxylation sites is 1. The second-order valence-corrected chi connectivity index (χ2v) is 6.89. The number of rotatable bonds is 6. The summed E-state index contributed by atoms with van der Waals surface area (Å²) in [6.07, 6.45) is 0. The Morgan fingerprint density at radius 3 is 2.83 bits per heavy atom. The first-order valence-electron chi connectivity index (χ1n) is 6.70. The maximum absolute atomic E-state index is 11.9. The molecule has 1 aromatic heterocycles. The minimum absolute atomic E-state index is 0.000254. The summed E-state index contributed by atoms with van der Waals surface area (Å²) >= 11 is 2.59. The summed E-state index contributed by atoms with van der Waals surface area (Å²) in [7, 11) is 0. The number of ketones is 1. The fourth-order valence-electron chi connectivity index (χ4n) is 1.72. The number of nitrogens with two attached hydrogens (primary N) is 1. The molecule has 0 amide bonds. The van der Waals surface area contributed by atoms with Crippen LogP contribution in [0.25, 0.3) is 0 Å². The van der Waals surface area contributed by atoms with Gasteiger partial charge in [0.2, 0.25) is 5.13 Å². The number of aromatic nitrogens is 2.